The number of ether oxygens (including phenoxy) is 1. The molecule has 0 saturated heterocycles. The van der Waals surface area contributed by atoms with Crippen LogP contribution < -0.4 is 5.32 Å². The van der Waals surface area contributed by atoms with E-state index < -0.39 is 52.8 Å². The van der Waals surface area contributed by atoms with Crippen LogP contribution in [-0.2, 0) is 9.53 Å². The molecule has 1 N–H and O–H groups in total. The molecule has 0 fully saturated rings. The highest BCUT2D eigenvalue weighted by molar-refractivity contribution is 5.95. The fourth-order valence-electron chi connectivity index (χ4n) is 3.54. The molecule has 0 aliphatic heterocycles. The van der Waals surface area contributed by atoms with Gasteiger partial charge in [-0.2, -0.15) is 0 Å². The van der Waals surface area contributed by atoms with Crippen LogP contribution in [0.3, 0.4) is 0 Å². The highest BCUT2D eigenvalue weighted by Crippen LogP contribution is 2.35. The van der Waals surface area contributed by atoms with Gasteiger partial charge in [-0.05, 0) is 37.0 Å². The Bertz CT molecular complexity index is 974. The van der Waals surface area contributed by atoms with E-state index in [9.17, 15) is 22.8 Å². The summed E-state index contributed by atoms with van der Waals surface area (Å²) in [6.07, 6.45) is 3.64. The first-order chi connectivity index (χ1) is 13.8. The number of carbonyl (C=O) groups excluding carboxylic acids is 2. The Morgan fingerprint density at radius 3 is 2.48 bits per heavy atom. The lowest BCUT2D eigenvalue weighted by atomic mass is 9.85. The third kappa shape index (κ3) is 4.18. The molecule has 4 nitrogen and oxygen atoms in total. The highest BCUT2D eigenvalue weighted by Gasteiger charge is 2.35. The summed E-state index contributed by atoms with van der Waals surface area (Å²) in [5, 5.41) is 2.61. The number of halogens is 3. The van der Waals surface area contributed by atoms with E-state index in [1.807, 2.05) is 0 Å². The fraction of sp³-hybridized carbons (Fsp3) is 0.273. The summed E-state index contributed by atoms with van der Waals surface area (Å²) in [5.41, 5.74) is -0.0955. The van der Waals surface area contributed by atoms with E-state index >= 15 is 0 Å². The topological polar surface area (TPSA) is 55.4 Å². The zero-order valence-electron chi connectivity index (χ0n) is 15.9. The van der Waals surface area contributed by atoms with Crippen LogP contribution in [0.2, 0.25) is 0 Å². The number of aryl methyl sites for hydroxylation is 1. The number of rotatable bonds is 5. The number of benzene rings is 2. The Labute approximate surface area is 166 Å². The molecule has 0 saturated carbocycles. The van der Waals surface area contributed by atoms with Crippen molar-refractivity contribution in [3.8, 4) is 0 Å². The molecule has 1 aliphatic carbocycles. The molecule has 29 heavy (non-hydrogen) atoms. The van der Waals surface area contributed by atoms with Crippen molar-refractivity contribution < 1.29 is 27.5 Å². The number of methoxy groups -OCH3 is 1. The molecular weight excluding hydrogens is 383 g/mol. The second-order valence-corrected chi connectivity index (χ2v) is 6.94. The number of carbonyl (C=O) groups is 2. The molecule has 0 spiro atoms. The number of hydrogen-bond acceptors (Lipinski definition) is 3. The Morgan fingerprint density at radius 2 is 1.79 bits per heavy atom. The second kappa shape index (κ2) is 8.51. The number of nitrogens with one attached hydrogen (secondary N) is 1. The second-order valence-electron chi connectivity index (χ2n) is 6.94. The van der Waals surface area contributed by atoms with E-state index in [2.05, 4.69) is 5.32 Å². The summed E-state index contributed by atoms with van der Waals surface area (Å²) >= 11 is 0. The van der Waals surface area contributed by atoms with Crippen molar-refractivity contribution in [2.24, 2.45) is 5.92 Å². The molecular formula is C22H20F3NO3. The normalized spacial score (nSPS) is 19.1. The monoisotopic (exact) mass is 403 g/mol. The van der Waals surface area contributed by atoms with Gasteiger partial charge in [0.25, 0.3) is 5.91 Å². The molecule has 1 aliphatic rings. The van der Waals surface area contributed by atoms with Crippen LogP contribution in [0.4, 0.5) is 13.2 Å². The number of allylic oxidation sites excluding steroid dienone is 1. The number of amides is 1. The molecule has 1 amide bonds. The van der Waals surface area contributed by atoms with Crippen molar-refractivity contribution >= 4 is 11.9 Å². The Kier molecular flexibility index (Phi) is 6.06. The first-order valence-corrected chi connectivity index (χ1v) is 9.09. The average molecular weight is 403 g/mol. The summed E-state index contributed by atoms with van der Waals surface area (Å²) in [4.78, 5) is 24.7. The molecule has 2 aromatic carbocycles. The van der Waals surface area contributed by atoms with Gasteiger partial charge in [0.05, 0.1) is 18.6 Å². The molecule has 0 heterocycles. The molecule has 0 bridgehead atoms. The lowest BCUT2D eigenvalue weighted by Gasteiger charge is -2.22. The number of esters is 1. The summed E-state index contributed by atoms with van der Waals surface area (Å²) in [6, 6.07) is 7.95. The summed E-state index contributed by atoms with van der Waals surface area (Å²) in [5.74, 6) is -5.47. The molecule has 0 radical (unpaired) electrons. The zero-order valence-corrected chi connectivity index (χ0v) is 15.9. The Balaban J connectivity index is 1.76. The maximum Gasteiger partial charge on any atom is 0.313 e. The standard InChI is InChI=1S/C22H20F3NO3/c1-12-7-10-16(20(25)19(12)24)21(27)26-14-9-8-13(11-14)18(22(28)29-2)15-5-3-4-6-17(15)23/h3-10,13-14,18H,11H2,1-2H3,(H,26,27)/t13-,14-,18+/m1/s1. The van der Waals surface area contributed by atoms with E-state index in [1.54, 1.807) is 18.2 Å². The number of hydrogen-bond donors (Lipinski definition) is 1. The third-order valence-corrected chi connectivity index (χ3v) is 5.08. The van der Waals surface area contributed by atoms with Gasteiger partial charge >= 0.3 is 5.97 Å². The maximum absolute atomic E-state index is 14.3. The minimum absolute atomic E-state index is 0.102. The first kappa shape index (κ1) is 20.6. The fourth-order valence-corrected chi connectivity index (χ4v) is 3.54. The van der Waals surface area contributed by atoms with E-state index in [4.69, 9.17) is 4.74 Å². The van der Waals surface area contributed by atoms with Gasteiger partial charge in [-0.3, -0.25) is 9.59 Å². The van der Waals surface area contributed by atoms with Crippen molar-refractivity contribution in [3.63, 3.8) is 0 Å². The Hall–Kier alpha value is -3.09. The van der Waals surface area contributed by atoms with Crippen molar-refractivity contribution in [3.05, 3.63) is 82.7 Å². The molecule has 3 rings (SSSR count). The van der Waals surface area contributed by atoms with E-state index in [1.165, 1.54) is 44.4 Å². The van der Waals surface area contributed by atoms with Crippen molar-refractivity contribution in [2.75, 3.05) is 7.11 Å². The van der Waals surface area contributed by atoms with Crippen molar-refractivity contribution in [1.29, 1.82) is 0 Å². The quantitative estimate of drug-likeness (QED) is 0.606. The van der Waals surface area contributed by atoms with Crippen LogP contribution in [0.15, 0.2) is 48.6 Å². The predicted molar refractivity (Wildman–Crippen MR) is 101 cm³/mol. The minimum atomic E-state index is -1.21. The van der Waals surface area contributed by atoms with Gasteiger partial charge in [-0.15, -0.1) is 0 Å². The molecule has 0 unspecified atom stereocenters. The molecule has 3 atom stereocenters. The van der Waals surface area contributed by atoms with Gasteiger partial charge in [0, 0.05) is 11.6 Å². The summed E-state index contributed by atoms with van der Waals surface area (Å²) < 4.78 is 46.9. The van der Waals surface area contributed by atoms with Crippen LogP contribution in [0.5, 0.6) is 0 Å². The molecule has 152 valence electrons. The van der Waals surface area contributed by atoms with Gasteiger partial charge in [0.15, 0.2) is 11.6 Å². The van der Waals surface area contributed by atoms with Crippen LogP contribution >= 0.6 is 0 Å². The van der Waals surface area contributed by atoms with E-state index in [-0.39, 0.29) is 17.5 Å². The predicted octanol–water partition coefficient (Wildman–Crippen LogP) is 4.04. The van der Waals surface area contributed by atoms with E-state index in [0.29, 0.717) is 0 Å². The van der Waals surface area contributed by atoms with Gasteiger partial charge in [-0.25, -0.2) is 13.2 Å². The van der Waals surface area contributed by atoms with Crippen LogP contribution in [0.25, 0.3) is 0 Å². The first-order valence-electron chi connectivity index (χ1n) is 9.09. The smallest absolute Gasteiger partial charge is 0.313 e. The van der Waals surface area contributed by atoms with Gasteiger partial charge in [0.1, 0.15) is 5.82 Å². The lowest BCUT2D eigenvalue weighted by molar-refractivity contribution is -0.143. The molecule has 2 aromatic rings. The Morgan fingerprint density at radius 1 is 1.07 bits per heavy atom. The third-order valence-electron chi connectivity index (χ3n) is 5.08. The van der Waals surface area contributed by atoms with Crippen LogP contribution in [0, 0.1) is 30.3 Å². The minimum Gasteiger partial charge on any atom is -0.469 e. The maximum atomic E-state index is 14.3. The lowest BCUT2D eigenvalue weighted by Crippen LogP contribution is -2.34. The van der Waals surface area contributed by atoms with Gasteiger partial charge in [0.2, 0.25) is 0 Å². The SMILES string of the molecule is COC(=O)[C@H](c1ccccc1F)[C@@H]1C=C[C@@H](NC(=O)c2ccc(C)c(F)c2F)C1. The van der Waals surface area contributed by atoms with Crippen molar-refractivity contribution in [2.45, 2.75) is 25.3 Å². The van der Waals surface area contributed by atoms with E-state index in [0.717, 1.165) is 0 Å². The van der Waals surface area contributed by atoms with Gasteiger partial charge < -0.3 is 10.1 Å². The highest BCUT2D eigenvalue weighted by atomic mass is 19.2. The van der Waals surface area contributed by atoms with Crippen molar-refractivity contribution in [1.82, 2.24) is 5.32 Å². The van der Waals surface area contributed by atoms with Crippen LogP contribution in [0.1, 0.15) is 33.8 Å². The summed E-state index contributed by atoms with van der Waals surface area (Å²) in [6.45, 7) is 1.40. The summed E-state index contributed by atoms with van der Waals surface area (Å²) in [7, 11) is 1.23. The zero-order chi connectivity index (χ0) is 21.1. The molecule has 7 heteroatoms. The largest absolute Gasteiger partial charge is 0.469 e. The van der Waals surface area contributed by atoms with Gasteiger partial charge in [-0.1, -0.05) is 36.4 Å². The average Bonchev–Trinajstić information content (AvgIpc) is 3.15. The van der Waals surface area contributed by atoms with Crippen LogP contribution in [-0.4, -0.2) is 25.0 Å². The molecule has 0 aromatic heterocycles.